The van der Waals surface area contributed by atoms with Gasteiger partial charge in [-0.3, -0.25) is 0 Å². The van der Waals surface area contributed by atoms with Crippen molar-refractivity contribution in [3.63, 3.8) is 0 Å². The van der Waals surface area contributed by atoms with Gasteiger partial charge < -0.3 is 9.74 Å². The largest absolute Gasteiger partial charge is 0.399 e. The number of oxime groups is 1. The van der Waals surface area contributed by atoms with Gasteiger partial charge in [0.05, 0.1) is 18.8 Å². The summed E-state index contributed by atoms with van der Waals surface area (Å²) in [7, 11) is 3.70. The number of nitrogens with zero attached hydrogens (tertiary/aromatic N) is 3. The van der Waals surface area contributed by atoms with E-state index in [2.05, 4.69) is 29.0 Å². The van der Waals surface area contributed by atoms with Gasteiger partial charge in [-0.1, -0.05) is 16.7 Å². The molecule has 0 unspecified atom stereocenters. The summed E-state index contributed by atoms with van der Waals surface area (Å²) in [6, 6.07) is 2.28. The molecule has 5 heteroatoms. The van der Waals surface area contributed by atoms with Crippen LogP contribution in [-0.2, 0) is 4.84 Å². The van der Waals surface area contributed by atoms with Gasteiger partial charge in [0.1, 0.15) is 20.8 Å². The minimum Gasteiger partial charge on any atom is -0.399 e. The van der Waals surface area contributed by atoms with Crippen LogP contribution in [0.3, 0.4) is 0 Å². The van der Waals surface area contributed by atoms with Crippen LogP contribution in [0.1, 0.15) is 24.3 Å². The summed E-state index contributed by atoms with van der Waals surface area (Å²) in [5.41, 5.74) is 3.76. The molecule has 17 heavy (non-hydrogen) atoms. The van der Waals surface area contributed by atoms with Gasteiger partial charge >= 0.3 is 0 Å². The van der Waals surface area contributed by atoms with E-state index in [1.807, 2.05) is 6.20 Å². The molecule has 1 aromatic rings. The number of hydrogen-bond acceptors (Lipinski definition) is 4. The summed E-state index contributed by atoms with van der Waals surface area (Å²) >= 11 is 0. The summed E-state index contributed by atoms with van der Waals surface area (Å²) in [6.07, 6.45) is 4.57. The molecule has 0 spiro atoms. The first-order valence-electron chi connectivity index (χ1n) is 6.08. The molecule has 1 aliphatic heterocycles. The first-order chi connectivity index (χ1) is 8.28. The van der Waals surface area contributed by atoms with Crippen LogP contribution in [0.15, 0.2) is 17.4 Å². The van der Waals surface area contributed by atoms with Crippen LogP contribution in [0.5, 0.6) is 0 Å². The molecule has 1 saturated carbocycles. The lowest BCUT2D eigenvalue weighted by atomic mass is 9.95. The molecule has 88 valence electrons. The molecule has 0 radical (unpaired) electrons. The molecular weight excluding hydrogens is 213 g/mol. The summed E-state index contributed by atoms with van der Waals surface area (Å²) in [5.74, 6) is 1.88. The van der Waals surface area contributed by atoms with Crippen LogP contribution in [-0.4, -0.2) is 38.7 Å². The van der Waals surface area contributed by atoms with E-state index >= 15 is 0 Å². The quantitative estimate of drug-likeness (QED) is 0.542. The zero-order chi connectivity index (χ0) is 11.8. The highest BCUT2D eigenvalue weighted by Crippen LogP contribution is 2.43. The zero-order valence-electron chi connectivity index (χ0n) is 10.3. The number of rotatable bonds is 3. The maximum Gasteiger partial charge on any atom is 0.141 e. The van der Waals surface area contributed by atoms with E-state index < -0.39 is 0 Å². The van der Waals surface area contributed by atoms with Gasteiger partial charge in [0.25, 0.3) is 0 Å². The fourth-order valence-corrected chi connectivity index (χ4v) is 2.27. The highest BCUT2D eigenvalue weighted by Gasteiger charge is 2.32. The number of anilines is 1. The van der Waals surface area contributed by atoms with Crippen LogP contribution in [0, 0.1) is 0 Å². The van der Waals surface area contributed by atoms with Gasteiger partial charge in [-0.05, 0) is 24.3 Å². The molecule has 0 N–H and O–H groups in total. The molecule has 0 atom stereocenters. The molecule has 2 aliphatic rings. The second kappa shape index (κ2) is 4.06. The minimum absolute atomic E-state index is 0.737. The monoisotopic (exact) mass is 229 g/mol. The normalized spacial score (nSPS) is 18.9. The second-order valence-electron chi connectivity index (χ2n) is 4.90. The zero-order valence-corrected chi connectivity index (χ0v) is 10.3. The number of aromatic nitrogens is 1. The smallest absolute Gasteiger partial charge is 0.141 e. The first-order valence-corrected chi connectivity index (χ1v) is 6.08. The van der Waals surface area contributed by atoms with Gasteiger partial charge in [0.15, 0.2) is 0 Å². The Labute approximate surface area is 102 Å². The third-order valence-electron chi connectivity index (χ3n) is 3.32. The fraction of sp³-hybridized carbons (Fsp3) is 0.500. The number of pyridine rings is 1. The Bertz CT molecular complexity index is 463. The van der Waals surface area contributed by atoms with Crippen LogP contribution in [0.25, 0.3) is 0 Å². The lowest BCUT2D eigenvalue weighted by Crippen LogP contribution is -2.48. The highest BCUT2D eigenvalue weighted by atomic mass is 16.6. The van der Waals surface area contributed by atoms with Crippen molar-refractivity contribution in [3.05, 3.63) is 17.8 Å². The fourth-order valence-electron chi connectivity index (χ4n) is 2.27. The van der Waals surface area contributed by atoms with Crippen molar-refractivity contribution in [2.75, 3.05) is 25.1 Å². The van der Waals surface area contributed by atoms with Crippen molar-refractivity contribution < 1.29 is 4.84 Å². The third-order valence-corrected chi connectivity index (χ3v) is 3.32. The van der Waals surface area contributed by atoms with Crippen molar-refractivity contribution in [2.24, 2.45) is 5.16 Å². The molecule has 0 bridgehead atoms. The molecule has 2 fully saturated rings. The highest BCUT2D eigenvalue weighted by molar-refractivity contribution is 6.32. The van der Waals surface area contributed by atoms with Crippen molar-refractivity contribution in [1.82, 2.24) is 4.98 Å². The molecule has 4 nitrogen and oxygen atoms in total. The van der Waals surface area contributed by atoms with Gasteiger partial charge in [0, 0.05) is 6.20 Å². The Morgan fingerprint density at radius 3 is 2.88 bits per heavy atom. The summed E-state index contributed by atoms with van der Waals surface area (Å²) in [5, 5.41) is 3.96. The Morgan fingerprint density at radius 1 is 1.47 bits per heavy atom. The first kappa shape index (κ1) is 10.6. The standard InChI is InChI=1S/C12H16BN3O/c1-17-15-10-6-16(7-10)12-11(8-2-3-8)4-9(13)5-14-12/h4-5,8H,2-3,6-7,13H2,1H3. The molecule has 2 heterocycles. The average molecular weight is 229 g/mol. The Balaban J connectivity index is 1.81. The maximum atomic E-state index is 4.78. The predicted molar refractivity (Wildman–Crippen MR) is 71.0 cm³/mol. The maximum absolute atomic E-state index is 4.78. The topological polar surface area (TPSA) is 37.7 Å². The van der Waals surface area contributed by atoms with Crippen molar-refractivity contribution >= 4 is 24.8 Å². The van der Waals surface area contributed by atoms with Crippen LogP contribution in [0.4, 0.5) is 5.82 Å². The van der Waals surface area contributed by atoms with Crippen molar-refractivity contribution in [1.29, 1.82) is 0 Å². The predicted octanol–water partition coefficient (Wildman–Crippen LogP) is 0.0398. The third kappa shape index (κ3) is 2.01. The minimum atomic E-state index is 0.737. The van der Waals surface area contributed by atoms with Crippen LogP contribution >= 0.6 is 0 Å². The molecule has 3 rings (SSSR count). The van der Waals surface area contributed by atoms with Gasteiger partial charge in [-0.25, -0.2) is 4.98 Å². The molecule has 1 aromatic heterocycles. The molecular formula is C12H16BN3O. The van der Waals surface area contributed by atoms with E-state index in [0.29, 0.717) is 0 Å². The Hall–Kier alpha value is -1.52. The van der Waals surface area contributed by atoms with E-state index in [1.165, 1.54) is 23.9 Å². The Kier molecular flexibility index (Phi) is 2.54. The molecule has 1 saturated heterocycles. The van der Waals surface area contributed by atoms with E-state index in [4.69, 9.17) is 4.84 Å². The van der Waals surface area contributed by atoms with Gasteiger partial charge in [-0.15, -0.1) is 0 Å². The lowest BCUT2D eigenvalue weighted by molar-refractivity contribution is 0.211. The van der Waals surface area contributed by atoms with Gasteiger partial charge in [-0.2, -0.15) is 0 Å². The van der Waals surface area contributed by atoms with E-state index in [-0.39, 0.29) is 0 Å². The van der Waals surface area contributed by atoms with Crippen LogP contribution in [0.2, 0.25) is 0 Å². The Morgan fingerprint density at radius 2 is 2.24 bits per heavy atom. The van der Waals surface area contributed by atoms with Crippen molar-refractivity contribution in [3.8, 4) is 0 Å². The second-order valence-corrected chi connectivity index (χ2v) is 4.90. The molecule has 0 amide bonds. The summed E-state index contributed by atoms with van der Waals surface area (Å²) in [6.45, 7) is 1.70. The van der Waals surface area contributed by atoms with Crippen LogP contribution < -0.4 is 10.4 Å². The average Bonchev–Trinajstić information content (AvgIpc) is 3.07. The molecule has 0 aromatic carbocycles. The summed E-state index contributed by atoms with van der Waals surface area (Å²) < 4.78 is 0. The van der Waals surface area contributed by atoms with E-state index in [9.17, 15) is 0 Å². The SMILES string of the molecule is Bc1cnc(N2CC(=NOC)C2)c(C2CC2)c1. The molecule has 1 aliphatic carbocycles. The summed E-state index contributed by atoms with van der Waals surface area (Å²) in [4.78, 5) is 11.6. The number of hydrogen-bond donors (Lipinski definition) is 0. The van der Waals surface area contributed by atoms with Gasteiger partial charge in [0.2, 0.25) is 0 Å². The van der Waals surface area contributed by atoms with E-state index in [1.54, 1.807) is 7.11 Å². The lowest BCUT2D eigenvalue weighted by Gasteiger charge is -2.34. The van der Waals surface area contributed by atoms with Crippen molar-refractivity contribution in [2.45, 2.75) is 18.8 Å². The van der Waals surface area contributed by atoms with E-state index in [0.717, 1.165) is 30.5 Å².